The van der Waals surface area contributed by atoms with Crippen molar-refractivity contribution in [2.45, 2.75) is 32.3 Å². The van der Waals surface area contributed by atoms with Crippen molar-refractivity contribution >= 4 is 14.0 Å². The number of carboxylic acids is 1. The normalized spacial score (nSPS) is 12.7. The number of hydrogen-bond donors (Lipinski definition) is 2. The molecule has 0 saturated carbocycles. The molecule has 1 heterocycles. The van der Waals surface area contributed by atoms with Gasteiger partial charge in [-0.3, -0.25) is 9.36 Å². The summed E-state index contributed by atoms with van der Waals surface area (Å²) < 4.78 is 32.6. The molecular weight excluding hydrogens is 458 g/mol. The summed E-state index contributed by atoms with van der Waals surface area (Å²) in [6.45, 7) is 3.89. The van der Waals surface area contributed by atoms with Gasteiger partial charge in [0.25, 0.3) is 0 Å². The highest BCUT2D eigenvalue weighted by Gasteiger charge is 2.21. The molecule has 7 nitrogen and oxygen atoms in total. The Balaban J connectivity index is 1.93. The van der Waals surface area contributed by atoms with E-state index in [1.165, 1.54) is 12.1 Å². The maximum absolute atomic E-state index is 13.5. The molecule has 0 saturated heterocycles. The molecule has 0 radical (unpaired) electrons. The van der Waals surface area contributed by atoms with Crippen molar-refractivity contribution in [2.75, 3.05) is 12.8 Å². The quantitative estimate of drug-likeness (QED) is 0.343. The summed E-state index contributed by atoms with van der Waals surface area (Å²) in [5.74, 6) is 4.46. The predicted molar refractivity (Wildman–Crippen MR) is 128 cm³/mol. The second-order valence-corrected chi connectivity index (χ2v) is 9.38. The number of aromatic nitrogens is 2. The topological polar surface area (TPSA) is 102 Å². The Morgan fingerprint density at radius 2 is 1.85 bits per heavy atom. The van der Waals surface area contributed by atoms with Crippen LogP contribution in [0, 0.1) is 17.7 Å². The fourth-order valence-electron chi connectivity index (χ4n) is 3.43. The molecule has 2 aromatic carbocycles. The second-order valence-electron chi connectivity index (χ2n) is 7.94. The van der Waals surface area contributed by atoms with E-state index >= 15 is 0 Å². The Kier molecular flexibility index (Phi) is 8.78. The molecule has 0 aliphatic carbocycles. The van der Waals surface area contributed by atoms with Gasteiger partial charge in [-0.1, -0.05) is 43.9 Å². The molecule has 0 bridgehead atoms. The third kappa shape index (κ3) is 6.64. The van der Waals surface area contributed by atoms with Crippen molar-refractivity contribution < 1.29 is 28.5 Å². The smallest absolute Gasteiger partial charge is 0.305 e. The van der Waals surface area contributed by atoms with Crippen LogP contribution in [0.4, 0.5) is 4.39 Å². The molecule has 2 N–H and O–H groups in total. The molecule has 0 fully saturated rings. The molecule has 178 valence electrons. The lowest BCUT2D eigenvalue weighted by molar-refractivity contribution is -0.138. The molecule has 3 aromatic rings. The van der Waals surface area contributed by atoms with E-state index in [2.05, 4.69) is 11.8 Å². The molecule has 0 amide bonds. The number of aliphatic hydroxyl groups is 1. The van der Waals surface area contributed by atoms with E-state index in [0.717, 1.165) is 11.4 Å². The van der Waals surface area contributed by atoms with Gasteiger partial charge in [0, 0.05) is 11.7 Å². The fourth-order valence-corrected chi connectivity index (χ4v) is 4.31. The maximum atomic E-state index is 13.5. The van der Waals surface area contributed by atoms with Crippen molar-refractivity contribution in [2.24, 2.45) is 0 Å². The van der Waals surface area contributed by atoms with Gasteiger partial charge in [-0.15, -0.1) is 0 Å². The minimum Gasteiger partial charge on any atom is -0.481 e. The SMILES string of the molecule is CC(C)c1c(C#CCO[PH](=O)C[C@@H](O)CC(=O)O)c(-c2ccc(F)cc2)nn1-c1ccccc1. The van der Waals surface area contributed by atoms with Crippen molar-refractivity contribution in [1.29, 1.82) is 0 Å². The van der Waals surface area contributed by atoms with Gasteiger partial charge < -0.3 is 14.7 Å². The van der Waals surface area contributed by atoms with Crippen LogP contribution in [0.2, 0.25) is 0 Å². The van der Waals surface area contributed by atoms with E-state index in [9.17, 15) is 18.9 Å². The van der Waals surface area contributed by atoms with E-state index < -0.39 is 26.5 Å². The highest BCUT2D eigenvalue weighted by atomic mass is 31.1. The van der Waals surface area contributed by atoms with Crippen LogP contribution in [0.15, 0.2) is 54.6 Å². The lowest BCUT2D eigenvalue weighted by Gasteiger charge is -2.10. The van der Waals surface area contributed by atoms with Crippen LogP contribution >= 0.6 is 8.03 Å². The van der Waals surface area contributed by atoms with E-state index in [-0.39, 0.29) is 24.5 Å². The number of nitrogens with zero attached hydrogens (tertiary/aromatic N) is 2. The molecule has 3 rings (SSSR count). The summed E-state index contributed by atoms with van der Waals surface area (Å²) in [6, 6.07) is 15.6. The zero-order chi connectivity index (χ0) is 24.7. The van der Waals surface area contributed by atoms with Gasteiger partial charge in [-0.25, -0.2) is 9.07 Å². The molecular formula is C25H26FN2O5P. The Hall–Kier alpha value is -3.24. The fraction of sp³-hybridized carbons (Fsp3) is 0.280. The third-order valence-electron chi connectivity index (χ3n) is 4.92. The van der Waals surface area contributed by atoms with Crippen LogP contribution in [0.1, 0.15) is 37.4 Å². The number of aliphatic hydroxyl groups excluding tert-OH is 1. The van der Waals surface area contributed by atoms with Crippen LogP contribution in [0.25, 0.3) is 16.9 Å². The number of para-hydroxylation sites is 1. The monoisotopic (exact) mass is 484 g/mol. The van der Waals surface area contributed by atoms with Crippen LogP contribution in [-0.2, 0) is 13.9 Å². The Bertz CT molecular complexity index is 1210. The van der Waals surface area contributed by atoms with Crippen LogP contribution in [0.5, 0.6) is 0 Å². The number of aliphatic carboxylic acids is 1. The summed E-state index contributed by atoms with van der Waals surface area (Å²) in [6.07, 6.45) is -1.98. The van der Waals surface area contributed by atoms with Gasteiger partial charge in [0.05, 0.1) is 29.5 Å². The molecule has 0 aliphatic rings. The zero-order valence-electron chi connectivity index (χ0n) is 18.9. The highest BCUT2D eigenvalue weighted by Crippen LogP contribution is 2.31. The molecule has 0 spiro atoms. The van der Waals surface area contributed by atoms with Crippen molar-refractivity contribution in [1.82, 2.24) is 9.78 Å². The first kappa shape index (κ1) is 25.4. The van der Waals surface area contributed by atoms with Crippen LogP contribution < -0.4 is 0 Å². The summed E-state index contributed by atoms with van der Waals surface area (Å²) in [4.78, 5) is 10.6. The molecule has 34 heavy (non-hydrogen) atoms. The van der Waals surface area contributed by atoms with Gasteiger partial charge in [-0.2, -0.15) is 5.10 Å². The summed E-state index contributed by atoms with van der Waals surface area (Å²) in [5.41, 5.74) is 3.66. The summed E-state index contributed by atoms with van der Waals surface area (Å²) >= 11 is 0. The Morgan fingerprint density at radius 1 is 1.18 bits per heavy atom. The average molecular weight is 484 g/mol. The highest BCUT2D eigenvalue weighted by molar-refractivity contribution is 7.39. The average Bonchev–Trinajstić information content (AvgIpc) is 3.17. The number of rotatable bonds is 9. The Morgan fingerprint density at radius 3 is 2.47 bits per heavy atom. The number of halogens is 1. The number of carbonyl (C=O) groups is 1. The van der Waals surface area contributed by atoms with Gasteiger partial charge >= 0.3 is 5.97 Å². The standard InChI is InChI=1S/C25H26FN2O5P/c1-17(2)25-22(9-6-14-33-34(32)16-21(29)15-23(30)31)24(18-10-12-19(26)13-11-18)27-28(25)20-7-4-3-5-8-20/h3-5,7-8,10-13,17,21,29,34H,14-16H2,1-2H3,(H,30,31)/t21-/m0/s1. The first-order chi connectivity index (χ1) is 16.3. The minimum atomic E-state index is -2.65. The molecule has 9 heteroatoms. The molecule has 1 unspecified atom stereocenters. The van der Waals surface area contributed by atoms with Gasteiger partial charge in [0.15, 0.2) is 8.03 Å². The van der Waals surface area contributed by atoms with Gasteiger partial charge in [0.2, 0.25) is 0 Å². The molecule has 0 aliphatic heterocycles. The first-order valence-corrected chi connectivity index (χ1v) is 12.3. The van der Waals surface area contributed by atoms with Crippen molar-refractivity contribution in [3.05, 3.63) is 71.7 Å². The first-order valence-electron chi connectivity index (χ1n) is 10.7. The van der Waals surface area contributed by atoms with Gasteiger partial charge in [-0.05, 0) is 42.3 Å². The van der Waals surface area contributed by atoms with E-state index in [1.54, 1.807) is 12.1 Å². The largest absolute Gasteiger partial charge is 0.481 e. The second kappa shape index (κ2) is 11.8. The van der Waals surface area contributed by atoms with E-state index in [0.29, 0.717) is 16.8 Å². The van der Waals surface area contributed by atoms with Crippen LogP contribution in [-0.4, -0.2) is 44.8 Å². The lowest BCUT2D eigenvalue weighted by atomic mass is 10.00. The maximum Gasteiger partial charge on any atom is 0.305 e. The van der Waals surface area contributed by atoms with E-state index in [1.807, 2.05) is 48.9 Å². The minimum absolute atomic E-state index is 0.0532. The van der Waals surface area contributed by atoms with Crippen LogP contribution in [0.3, 0.4) is 0 Å². The van der Waals surface area contributed by atoms with Crippen molar-refractivity contribution in [3.63, 3.8) is 0 Å². The Labute approximate surface area is 198 Å². The zero-order valence-corrected chi connectivity index (χ0v) is 19.9. The van der Waals surface area contributed by atoms with E-state index in [4.69, 9.17) is 14.7 Å². The number of carboxylic acid groups (broad SMARTS) is 1. The number of benzene rings is 2. The lowest BCUT2D eigenvalue weighted by Crippen LogP contribution is -2.15. The number of hydrogen-bond acceptors (Lipinski definition) is 5. The summed E-state index contributed by atoms with van der Waals surface area (Å²) in [5, 5.41) is 23.1. The molecule has 2 atom stereocenters. The predicted octanol–water partition coefficient (Wildman–Crippen LogP) is 4.48. The summed E-state index contributed by atoms with van der Waals surface area (Å²) in [7, 11) is -2.65. The molecule has 1 aromatic heterocycles. The van der Waals surface area contributed by atoms with Gasteiger partial charge in [0.1, 0.15) is 18.1 Å². The van der Waals surface area contributed by atoms with Crippen molar-refractivity contribution in [3.8, 4) is 28.8 Å². The third-order valence-corrected chi connectivity index (χ3v) is 6.19.